The minimum atomic E-state index is -0.218. The predicted octanol–water partition coefficient (Wildman–Crippen LogP) is 1.63. The first kappa shape index (κ1) is 15.0. The molecule has 1 aliphatic heterocycles. The Balaban J connectivity index is 1.70. The van der Waals surface area contributed by atoms with Crippen LogP contribution in [-0.4, -0.2) is 36.1 Å². The highest BCUT2D eigenvalue weighted by Crippen LogP contribution is 2.27. The predicted molar refractivity (Wildman–Crippen MR) is 83.9 cm³/mol. The lowest BCUT2D eigenvalue weighted by molar-refractivity contribution is -0.118. The molecule has 3 rings (SSSR count). The molecule has 1 saturated carbocycles. The Morgan fingerprint density at radius 1 is 1.23 bits per heavy atom. The van der Waals surface area contributed by atoms with E-state index in [1.807, 2.05) is 12.1 Å². The highest BCUT2D eigenvalue weighted by molar-refractivity contribution is 5.99. The molecule has 0 saturated heterocycles. The fourth-order valence-electron chi connectivity index (χ4n) is 3.29. The molecule has 2 N–H and O–H groups in total. The third kappa shape index (κ3) is 2.99. The average Bonchev–Trinajstić information content (AvgIpc) is 2.53. The third-order valence-electron chi connectivity index (χ3n) is 4.72. The van der Waals surface area contributed by atoms with Gasteiger partial charge in [0.1, 0.15) is 0 Å². The van der Waals surface area contributed by atoms with E-state index < -0.39 is 0 Å². The van der Waals surface area contributed by atoms with Gasteiger partial charge in [-0.1, -0.05) is 0 Å². The van der Waals surface area contributed by atoms with Crippen LogP contribution in [-0.2, 0) is 11.2 Å². The Labute approximate surface area is 130 Å². The van der Waals surface area contributed by atoms with Crippen LogP contribution in [0.25, 0.3) is 0 Å². The van der Waals surface area contributed by atoms with E-state index >= 15 is 0 Å². The fourth-order valence-corrected chi connectivity index (χ4v) is 3.29. The molecular weight excluding hydrogens is 280 g/mol. The number of carbonyl (C=O) groups is 2. The molecule has 1 aromatic rings. The van der Waals surface area contributed by atoms with Crippen molar-refractivity contribution in [3.63, 3.8) is 0 Å². The smallest absolute Gasteiger partial charge is 0.251 e. The summed E-state index contributed by atoms with van der Waals surface area (Å²) in [6, 6.07) is 5.68. The van der Waals surface area contributed by atoms with E-state index in [4.69, 9.17) is 0 Å². The highest BCUT2D eigenvalue weighted by atomic mass is 16.3. The molecule has 0 atom stereocenters. The summed E-state index contributed by atoms with van der Waals surface area (Å²) in [5.74, 6) is 0.0502. The molecular formula is C17H22N2O3. The van der Waals surface area contributed by atoms with Gasteiger partial charge in [0.2, 0.25) is 5.91 Å². The molecule has 0 bridgehead atoms. The van der Waals surface area contributed by atoms with Gasteiger partial charge >= 0.3 is 0 Å². The van der Waals surface area contributed by atoms with Crippen LogP contribution in [0.1, 0.15) is 48.0 Å². The van der Waals surface area contributed by atoms with Gasteiger partial charge in [-0.25, -0.2) is 0 Å². The van der Waals surface area contributed by atoms with Gasteiger partial charge in [-0.15, -0.1) is 0 Å². The topological polar surface area (TPSA) is 69.6 Å². The second-order valence-corrected chi connectivity index (χ2v) is 6.28. The first-order valence-electron chi connectivity index (χ1n) is 7.93. The Hall–Kier alpha value is -1.88. The number of rotatable bonds is 2. The van der Waals surface area contributed by atoms with Gasteiger partial charge in [0, 0.05) is 30.8 Å². The zero-order valence-corrected chi connectivity index (χ0v) is 12.8. The Morgan fingerprint density at radius 2 is 1.95 bits per heavy atom. The summed E-state index contributed by atoms with van der Waals surface area (Å²) in [6.07, 6.45) is 4.13. The summed E-state index contributed by atoms with van der Waals surface area (Å²) in [5, 5.41) is 12.6. The van der Waals surface area contributed by atoms with Crippen LogP contribution in [0.5, 0.6) is 0 Å². The molecule has 2 aliphatic rings. The van der Waals surface area contributed by atoms with Crippen molar-refractivity contribution in [2.45, 2.75) is 50.7 Å². The molecule has 1 fully saturated rings. The van der Waals surface area contributed by atoms with Crippen LogP contribution in [0.2, 0.25) is 0 Å². The molecule has 5 nitrogen and oxygen atoms in total. The van der Waals surface area contributed by atoms with Gasteiger partial charge in [0.25, 0.3) is 5.91 Å². The Kier molecular flexibility index (Phi) is 4.16. The second-order valence-electron chi connectivity index (χ2n) is 6.28. The lowest BCUT2D eigenvalue weighted by Gasteiger charge is -2.27. The van der Waals surface area contributed by atoms with Crippen molar-refractivity contribution >= 4 is 17.5 Å². The van der Waals surface area contributed by atoms with Crippen LogP contribution in [0.4, 0.5) is 5.69 Å². The number of fused-ring (bicyclic) bond motifs is 1. The summed E-state index contributed by atoms with van der Waals surface area (Å²) in [5.41, 5.74) is 2.59. The normalized spacial score (nSPS) is 24.8. The summed E-state index contributed by atoms with van der Waals surface area (Å²) in [6.45, 7) is 0. The monoisotopic (exact) mass is 302 g/mol. The zero-order chi connectivity index (χ0) is 15.7. The first-order valence-corrected chi connectivity index (χ1v) is 7.93. The van der Waals surface area contributed by atoms with E-state index in [1.165, 1.54) is 0 Å². The largest absolute Gasteiger partial charge is 0.393 e. The average molecular weight is 302 g/mol. The van der Waals surface area contributed by atoms with E-state index in [0.717, 1.165) is 36.9 Å². The first-order chi connectivity index (χ1) is 10.5. The van der Waals surface area contributed by atoms with E-state index in [9.17, 15) is 14.7 Å². The fraction of sp³-hybridized carbons (Fsp3) is 0.529. The van der Waals surface area contributed by atoms with Crippen LogP contribution in [0.3, 0.4) is 0 Å². The maximum absolute atomic E-state index is 12.4. The van der Waals surface area contributed by atoms with Crippen LogP contribution >= 0.6 is 0 Å². The Morgan fingerprint density at radius 3 is 2.68 bits per heavy atom. The number of nitrogens with one attached hydrogen (secondary N) is 1. The second kappa shape index (κ2) is 6.08. The number of anilines is 1. The minimum Gasteiger partial charge on any atom is -0.393 e. The number of amides is 2. The van der Waals surface area contributed by atoms with Crippen LogP contribution in [0, 0.1) is 0 Å². The third-order valence-corrected chi connectivity index (χ3v) is 4.72. The summed E-state index contributed by atoms with van der Waals surface area (Å²) in [4.78, 5) is 25.7. The number of aliphatic hydroxyl groups excluding tert-OH is 1. The molecule has 5 heteroatoms. The van der Waals surface area contributed by atoms with Gasteiger partial charge in [-0.2, -0.15) is 0 Å². The summed E-state index contributed by atoms with van der Waals surface area (Å²) in [7, 11) is 1.77. The van der Waals surface area contributed by atoms with E-state index in [1.54, 1.807) is 18.0 Å². The van der Waals surface area contributed by atoms with Crippen molar-refractivity contribution < 1.29 is 14.7 Å². The van der Waals surface area contributed by atoms with E-state index in [2.05, 4.69) is 5.32 Å². The number of carbonyl (C=O) groups excluding carboxylic acids is 2. The van der Waals surface area contributed by atoms with E-state index in [-0.39, 0.29) is 24.0 Å². The lowest BCUT2D eigenvalue weighted by Crippen LogP contribution is -2.38. The number of aliphatic hydroxyl groups is 1. The van der Waals surface area contributed by atoms with Gasteiger partial charge in [-0.05, 0) is 55.9 Å². The van der Waals surface area contributed by atoms with Gasteiger partial charge in [-0.3, -0.25) is 9.59 Å². The SMILES string of the molecule is CN1C(=O)CCc2cc(C(=O)NC3CCC(O)CC3)ccc21. The molecule has 2 amide bonds. The standard InChI is InChI=1S/C17H22N2O3/c1-19-15-8-2-12(10-11(15)3-9-16(19)21)17(22)18-13-4-6-14(20)7-5-13/h2,8,10,13-14,20H,3-7,9H2,1H3,(H,18,22). The molecule has 1 aromatic carbocycles. The van der Waals surface area contributed by atoms with E-state index in [0.29, 0.717) is 18.4 Å². The minimum absolute atomic E-state index is 0.0660. The number of aryl methyl sites for hydroxylation is 1. The molecule has 0 unspecified atom stereocenters. The number of nitrogens with zero attached hydrogens (tertiary/aromatic N) is 1. The maximum atomic E-state index is 12.4. The Bertz CT molecular complexity index is 592. The molecule has 0 radical (unpaired) electrons. The van der Waals surface area contributed by atoms with Crippen molar-refractivity contribution in [3.05, 3.63) is 29.3 Å². The van der Waals surface area contributed by atoms with Gasteiger partial charge in [0.05, 0.1) is 6.10 Å². The summed E-state index contributed by atoms with van der Waals surface area (Å²) < 4.78 is 0. The number of hydrogen-bond donors (Lipinski definition) is 2. The van der Waals surface area contributed by atoms with Crippen molar-refractivity contribution in [1.29, 1.82) is 0 Å². The zero-order valence-electron chi connectivity index (χ0n) is 12.8. The van der Waals surface area contributed by atoms with Crippen molar-refractivity contribution in [1.82, 2.24) is 5.32 Å². The molecule has 1 aliphatic carbocycles. The number of hydrogen-bond acceptors (Lipinski definition) is 3. The van der Waals surface area contributed by atoms with Crippen LogP contribution < -0.4 is 10.2 Å². The molecule has 0 spiro atoms. The molecule has 1 heterocycles. The van der Waals surface area contributed by atoms with Crippen molar-refractivity contribution in [2.24, 2.45) is 0 Å². The highest BCUT2D eigenvalue weighted by Gasteiger charge is 2.24. The molecule has 0 aromatic heterocycles. The number of benzene rings is 1. The molecule has 118 valence electrons. The maximum Gasteiger partial charge on any atom is 0.251 e. The van der Waals surface area contributed by atoms with Crippen molar-refractivity contribution in [3.8, 4) is 0 Å². The quantitative estimate of drug-likeness (QED) is 0.872. The van der Waals surface area contributed by atoms with Gasteiger partial charge in [0.15, 0.2) is 0 Å². The summed E-state index contributed by atoms with van der Waals surface area (Å²) >= 11 is 0. The molecule has 22 heavy (non-hydrogen) atoms. The van der Waals surface area contributed by atoms with Gasteiger partial charge < -0.3 is 15.3 Å². The van der Waals surface area contributed by atoms with Crippen molar-refractivity contribution in [2.75, 3.05) is 11.9 Å². The van der Waals surface area contributed by atoms with Crippen LogP contribution in [0.15, 0.2) is 18.2 Å². The lowest BCUT2D eigenvalue weighted by atomic mass is 9.92.